The Hall–Kier alpha value is -0.760. The van der Waals surface area contributed by atoms with Crippen LogP contribution in [-0.4, -0.2) is 16.0 Å². The largest absolute Gasteiger partial charge is 0.478 e. The third kappa shape index (κ3) is 5.67. The van der Waals surface area contributed by atoms with E-state index in [0.29, 0.717) is 0 Å². The molecular formula is C8H11ClO2. The zero-order valence-corrected chi connectivity index (χ0v) is 7.35. The Balaban J connectivity index is 4.16. The summed E-state index contributed by atoms with van der Waals surface area (Å²) in [5, 5.41) is 8.38. The molecule has 0 aromatic heterocycles. The summed E-state index contributed by atoms with van der Waals surface area (Å²) in [6, 6.07) is 0. The van der Waals surface area contributed by atoms with Crippen LogP contribution in [0.15, 0.2) is 24.3 Å². The molecule has 0 fully saturated rings. The lowest BCUT2D eigenvalue weighted by molar-refractivity contribution is -0.132. The van der Waals surface area contributed by atoms with E-state index in [-0.39, 0.29) is 5.57 Å². The molecular weight excluding hydrogens is 164 g/mol. The average Bonchev–Trinajstić information content (AvgIpc) is 1.80. The molecule has 11 heavy (non-hydrogen) atoms. The van der Waals surface area contributed by atoms with E-state index >= 15 is 0 Å². The lowest BCUT2D eigenvalue weighted by Gasteiger charge is -2.07. The van der Waals surface area contributed by atoms with Crippen molar-refractivity contribution < 1.29 is 9.90 Å². The molecule has 0 saturated carbocycles. The molecule has 0 spiro atoms. The fourth-order valence-electron chi connectivity index (χ4n) is 0.370. The number of rotatable bonds is 3. The first-order chi connectivity index (χ1) is 4.83. The highest BCUT2D eigenvalue weighted by molar-refractivity contribution is 6.24. The van der Waals surface area contributed by atoms with E-state index in [0.717, 1.165) is 0 Å². The highest BCUT2D eigenvalue weighted by atomic mass is 35.5. The molecule has 0 amide bonds. The molecule has 1 N–H and O–H groups in total. The van der Waals surface area contributed by atoms with Gasteiger partial charge < -0.3 is 5.11 Å². The Bertz CT molecular complexity index is 199. The van der Waals surface area contributed by atoms with Gasteiger partial charge in [-0.2, -0.15) is 0 Å². The Kier molecular flexibility index (Phi) is 3.33. The van der Waals surface area contributed by atoms with E-state index in [4.69, 9.17) is 16.7 Å². The minimum atomic E-state index is -1.03. The minimum absolute atomic E-state index is 0.0405. The van der Waals surface area contributed by atoms with Gasteiger partial charge in [0.2, 0.25) is 0 Å². The third-order valence-electron chi connectivity index (χ3n) is 0.956. The van der Waals surface area contributed by atoms with Crippen LogP contribution in [0.3, 0.4) is 0 Å². The maximum Gasteiger partial charge on any atom is 0.335 e. The summed E-state index contributed by atoms with van der Waals surface area (Å²) in [5.74, 6) is -1.03. The topological polar surface area (TPSA) is 37.3 Å². The van der Waals surface area contributed by atoms with E-state index in [1.54, 1.807) is 19.9 Å². The molecule has 0 radical (unpaired) electrons. The number of alkyl halides is 1. The Morgan fingerprint density at radius 2 is 2.09 bits per heavy atom. The normalized spacial score (nSPS) is 11.9. The van der Waals surface area contributed by atoms with Crippen molar-refractivity contribution in [3.8, 4) is 0 Å². The summed E-state index contributed by atoms with van der Waals surface area (Å²) in [5.41, 5.74) is 0.0405. The van der Waals surface area contributed by atoms with Gasteiger partial charge in [0.25, 0.3) is 0 Å². The zero-order chi connectivity index (χ0) is 9.07. The number of carbonyl (C=O) groups is 1. The molecule has 62 valence electrons. The molecule has 0 rings (SSSR count). The van der Waals surface area contributed by atoms with E-state index in [2.05, 4.69) is 6.58 Å². The first-order valence-corrected chi connectivity index (χ1v) is 3.51. The standard InChI is InChI=1S/C8H11ClO2/c1-6(7(10)11)4-5-8(2,3)9/h4-5H,1H2,2-3H3,(H,10,11)/b5-4-. The number of hydrogen-bond acceptors (Lipinski definition) is 1. The van der Waals surface area contributed by atoms with Gasteiger partial charge in [-0.1, -0.05) is 18.7 Å². The van der Waals surface area contributed by atoms with Crippen molar-refractivity contribution in [2.75, 3.05) is 0 Å². The first kappa shape index (κ1) is 10.2. The molecule has 0 saturated heterocycles. The second-order valence-corrected chi connectivity index (χ2v) is 3.70. The van der Waals surface area contributed by atoms with Gasteiger partial charge in [0.15, 0.2) is 0 Å². The molecule has 0 heterocycles. The Labute approximate surface area is 71.2 Å². The van der Waals surface area contributed by atoms with Gasteiger partial charge in [0, 0.05) is 0 Å². The van der Waals surface area contributed by atoms with Gasteiger partial charge in [0.1, 0.15) is 0 Å². The summed E-state index contributed by atoms with van der Waals surface area (Å²) >= 11 is 5.76. The third-order valence-corrected chi connectivity index (χ3v) is 1.08. The molecule has 2 nitrogen and oxygen atoms in total. The van der Waals surface area contributed by atoms with E-state index < -0.39 is 10.8 Å². The number of carboxylic acid groups (broad SMARTS) is 1. The maximum atomic E-state index is 10.2. The van der Waals surface area contributed by atoms with Gasteiger partial charge in [-0.3, -0.25) is 0 Å². The van der Waals surface area contributed by atoms with Crippen LogP contribution >= 0.6 is 11.6 Å². The molecule has 0 bridgehead atoms. The van der Waals surface area contributed by atoms with Crippen molar-refractivity contribution in [1.29, 1.82) is 0 Å². The van der Waals surface area contributed by atoms with Crippen LogP contribution in [0.2, 0.25) is 0 Å². The zero-order valence-electron chi connectivity index (χ0n) is 6.60. The van der Waals surface area contributed by atoms with Crippen LogP contribution in [0.1, 0.15) is 13.8 Å². The number of aliphatic carboxylic acids is 1. The van der Waals surface area contributed by atoms with Gasteiger partial charge in [-0.05, 0) is 13.8 Å². The molecule has 0 aromatic rings. The van der Waals surface area contributed by atoms with Gasteiger partial charge in [-0.25, -0.2) is 4.79 Å². The predicted octanol–water partition coefficient (Wildman–Crippen LogP) is 2.20. The number of halogens is 1. The Morgan fingerprint density at radius 1 is 1.64 bits per heavy atom. The summed E-state index contributed by atoms with van der Waals surface area (Å²) in [4.78, 5) is 9.71. The van der Waals surface area contributed by atoms with Crippen molar-refractivity contribution in [2.45, 2.75) is 18.7 Å². The van der Waals surface area contributed by atoms with Crippen molar-refractivity contribution >= 4 is 17.6 Å². The summed E-state index contributed by atoms with van der Waals surface area (Å²) in [7, 11) is 0. The van der Waals surface area contributed by atoms with Crippen LogP contribution in [0.5, 0.6) is 0 Å². The SMILES string of the molecule is C=C(/C=C\C(C)(C)Cl)C(=O)O. The van der Waals surface area contributed by atoms with Crippen molar-refractivity contribution in [3.05, 3.63) is 24.3 Å². The molecule has 0 aliphatic carbocycles. The van der Waals surface area contributed by atoms with Gasteiger partial charge in [0.05, 0.1) is 10.4 Å². The molecule has 0 aromatic carbocycles. The first-order valence-electron chi connectivity index (χ1n) is 3.13. The fourth-order valence-corrected chi connectivity index (χ4v) is 0.433. The molecule has 0 atom stereocenters. The Morgan fingerprint density at radius 3 is 2.36 bits per heavy atom. The monoisotopic (exact) mass is 174 g/mol. The van der Waals surface area contributed by atoms with Crippen LogP contribution < -0.4 is 0 Å². The van der Waals surface area contributed by atoms with Crippen LogP contribution in [0.4, 0.5) is 0 Å². The molecule has 0 unspecified atom stereocenters. The predicted molar refractivity (Wildman–Crippen MR) is 45.8 cm³/mol. The van der Waals surface area contributed by atoms with Crippen molar-refractivity contribution in [3.63, 3.8) is 0 Å². The van der Waals surface area contributed by atoms with E-state index in [1.165, 1.54) is 6.08 Å². The second kappa shape index (κ2) is 3.58. The second-order valence-electron chi connectivity index (χ2n) is 2.73. The molecule has 0 aliphatic rings. The van der Waals surface area contributed by atoms with Crippen molar-refractivity contribution in [1.82, 2.24) is 0 Å². The molecule has 3 heteroatoms. The smallest absolute Gasteiger partial charge is 0.335 e. The van der Waals surface area contributed by atoms with Gasteiger partial charge >= 0.3 is 5.97 Å². The van der Waals surface area contributed by atoms with Gasteiger partial charge in [-0.15, -0.1) is 11.6 Å². The minimum Gasteiger partial charge on any atom is -0.478 e. The summed E-state index contributed by atoms with van der Waals surface area (Å²) in [6.07, 6.45) is 2.99. The maximum absolute atomic E-state index is 10.2. The quantitative estimate of drug-likeness (QED) is 0.405. The average molecular weight is 175 g/mol. The van der Waals surface area contributed by atoms with Crippen LogP contribution in [0, 0.1) is 0 Å². The number of allylic oxidation sites excluding steroid dienone is 1. The fraction of sp³-hybridized carbons (Fsp3) is 0.375. The highest BCUT2D eigenvalue weighted by Gasteiger charge is 2.08. The van der Waals surface area contributed by atoms with E-state index in [9.17, 15) is 4.79 Å². The van der Waals surface area contributed by atoms with Crippen LogP contribution in [0.25, 0.3) is 0 Å². The lowest BCUT2D eigenvalue weighted by Crippen LogP contribution is -2.05. The molecule has 0 aliphatic heterocycles. The van der Waals surface area contributed by atoms with Crippen LogP contribution in [-0.2, 0) is 4.79 Å². The summed E-state index contributed by atoms with van der Waals surface area (Å²) < 4.78 is 0. The number of carboxylic acids is 1. The lowest BCUT2D eigenvalue weighted by atomic mass is 10.1. The van der Waals surface area contributed by atoms with Crippen molar-refractivity contribution in [2.24, 2.45) is 0 Å². The summed E-state index contributed by atoms with van der Waals surface area (Å²) in [6.45, 7) is 6.84. The van der Waals surface area contributed by atoms with E-state index in [1.807, 2.05) is 0 Å². The highest BCUT2D eigenvalue weighted by Crippen LogP contribution is 2.14. The number of hydrogen-bond donors (Lipinski definition) is 1.